The minimum atomic E-state index is -0.895. The summed E-state index contributed by atoms with van der Waals surface area (Å²) < 4.78 is 0. The van der Waals surface area contributed by atoms with Crippen LogP contribution in [0.15, 0.2) is 6.20 Å². The first kappa shape index (κ1) is 8.16. The van der Waals surface area contributed by atoms with E-state index in [0.717, 1.165) is 36.9 Å². The lowest BCUT2D eigenvalue weighted by atomic mass is 9.93. The summed E-state index contributed by atoms with van der Waals surface area (Å²) in [7, 11) is 0. The van der Waals surface area contributed by atoms with Crippen LogP contribution in [0.5, 0.6) is 0 Å². The molecule has 1 aromatic rings. The highest BCUT2D eigenvalue weighted by Gasteiger charge is 2.18. The molecule has 0 bridgehead atoms. The standard InChI is InChI=1S/C9H10N2O2/c12-9(13)7-5-10-11-8-4-2-1-3-6(7)8/h5H,1-4H2,(H,12,13). The SMILES string of the molecule is O=C(O)c1cnnc2c1CCCC2. The van der Waals surface area contributed by atoms with Crippen molar-refractivity contribution in [3.05, 3.63) is 23.0 Å². The van der Waals surface area contributed by atoms with Gasteiger partial charge in [0, 0.05) is 0 Å². The Morgan fingerprint density at radius 2 is 2.15 bits per heavy atom. The van der Waals surface area contributed by atoms with Crippen LogP contribution >= 0.6 is 0 Å². The summed E-state index contributed by atoms with van der Waals surface area (Å²) in [6.45, 7) is 0. The lowest BCUT2D eigenvalue weighted by Gasteiger charge is -2.14. The van der Waals surface area contributed by atoms with Gasteiger partial charge in [-0.1, -0.05) is 0 Å². The Labute approximate surface area is 75.6 Å². The third-order valence-electron chi connectivity index (χ3n) is 2.36. The van der Waals surface area contributed by atoms with Crippen LogP contribution in [-0.2, 0) is 12.8 Å². The fraction of sp³-hybridized carbons (Fsp3) is 0.444. The molecule has 1 heterocycles. The Bertz CT molecular complexity index is 349. The summed E-state index contributed by atoms with van der Waals surface area (Å²) >= 11 is 0. The summed E-state index contributed by atoms with van der Waals surface area (Å²) in [4.78, 5) is 10.8. The Morgan fingerprint density at radius 1 is 1.38 bits per heavy atom. The van der Waals surface area contributed by atoms with Gasteiger partial charge in [-0.05, 0) is 31.2 Å². The van der Waals surface area contributed by atoms with Gasteiger partial charge in [-0.25, -0.2) is 4.79 Å². The van der Waals surface area contributed by atoms with Crippen molar-refractivity contribution in [3.63, 3.8) is 0 Å². The Kier molecular flexibility index (Phi) is 1.96. The summed E-state index contributed by atoms with van der Waals surface area (Å²) in [6.07, 6.45) is 5.17. The molecule has 4 heteroatoms. The van der Waals surface area contributed by atoms with E-state index in [9.17, 15) is 4.79 Å². The average Bonchev–Trinajstić information content (AvgIpc) is 2.17. The lowest BCUT2D eigenvalue weighted by molar-refractivity contribution is 0.0694. The van der Waals surface area contributed by atoms with Crippen molar-refractivity contribution in [2.75, 3.05) is 0 Å². The molecule has 0 aromatic carbocycles. The van der Waals surface area contributed by atoms with Crippen LogP contribution in [0.3, 0.4) is 0 Å². The first-order valence-corrected chi connectivity index (χ1v) is 4.36. The van der Waals surface area contributed by atoms with Crippen LogP contribution in [0.4, 0.5) is 0 Å². The fourth-order valence-electron chi connectivity index (χ4n) is 1.71. The molecule has 1 aromatic heterocycles. The Hall–Kier alpha value is -1.45. The van der Waals surface area contributed by atoms with Crippen molar-refractivity contribution < 1.29 is 9.90 Å². The van der Waals surface area contributed by atoms with E-state index in [1.807, 2.05) is 0 Å². The van der Waals surface area contributed by atoms with Crippen molar-refractivity contribution in [3.8, 4) is 0 Å². The first-order chi connectivity index (χ1) is 6.29. The molecular formula is C9H10N2O2. The van der Waals surface area contributed by atoms with Crippen LogP contribution in [-0.4, -0.2) is 21.3 Å². The number of aryl methyl sites for hydroxylation is 1. The molecule has 0 atom stereocenters. The van der Waals surface area contributed by atoms with Crippen LogP contribution in [0.25, 0.3) is 0 Å². The van der Waals surface area contributed by atoms with Gasteiger partial charge in [0.25, 0.3) is 0 Å². The number of nitrogens with zero attached hydrogens (tertiary/aromatic N) is 2. The van der Waals surface area contributed by atoms with E-state index in [1.165, 1.54) is 6.20 Å². The largest absolute Gasteiger partial charge is 0.478 e. The summed E-state index contributed by atoms with van der Waals surface area (Å²) in [5, 5.41) is 16.5. The highest BCUT2D eigenvalue weighted by Crippen LogP contribution is 2.21. The molecule has 4 nitrogen and oxygen atoms in total. The molecule has 0 spiro atoms. The predicted molar refractivity (Wildman–Crippen MR) is 45.6 cm³/mol. The third-order valence-corrected chi connectivity index (χ3v) is 2.36. The Morgan fingerprint density at radius 3 is 2.92 bits per heavy atom. The quantitative estimate of drug-likeness (QED) is 0.698. The number of aromatic carboxylic acids is 1. The number of carboxylic acids is 1. The lowest BCUT2D eigenvalue weighted by Crippen LogP contribution is -2.13. The molecular weight excluding hydrogens is 168 g/mol. The fourth-order valence-corrected chi connectivity index (χ4v) is 1.71. The highest BCUT2D eigenvalue weighted by atomic mass is 16.4. The van der Waals surface area contributed by atoms with Crippen molar-refractivity contribution in [2.24, 2.45) is 0 Å². The van der Waals surface area contributed by atoms with Gasteiger partial charge in [-0.3, -0.25) is 0 Å². The smallest absolute Gasteiger partial charge is 0.337 e. The highest BCUT2D eigenvalue weighted by molar-refractivity contribution is 5.89. The van der Waals surface area contributed by atoms with Gasteiger partial charge in [0.15, 0.2) is 0 Å². The molecule has 0 unspecified atom stereocenters. The molecule has 0 saturated carbocycles. The number of carbonyl (C=O) groups is 1. The number of aromatic nitrogens is 2. The topological polar surface area (TPSA) is 63.1 Å². The normalized spacial score (nSPS) is 15.1. The van der Waals surface area contributed by atoms with E-state index in [2.05, 4.69) is 10.2 Å². The van der Waals surface area contributed by atoms with Crippen molar-refractivity contribution in [1.82, 2.24) is 10.2 Å². The van der Waals surface area contributed by atoms with Gasteiger partial charge in [0.2, 0.25) is 0 Å². The van der Waals surface area contributed by atoms with E-state index in [0.29, 0.717) is 5.56 Å². The monoisotopic (exact) mass is 178 g/mol. The molecule has 0 aliphatic heterocycles. The zero-order chi connectivity index (χ0) is 9.26. The molecule has 1 aliphatic carbocycles. The average molecular weight is 178 g/mol. The minimum absolute atomic E-state index is 0.324. The van der Waals surface area contributed by atoms with Crippen LogP contribution in [0.1, 0.15) is 34.5 Å². The summed E-state index contributed by atoms with van der Waals surface area (Å²) in [6, 6.07) is 0. The van der Waals surface area contributed by atoms with E-state index < -0.39 is 5.97 Å². The maximum Gasteiger partial charge on any atom is 0.337 e. The molecule has 0 radical (unpaired) electrons. The second kappa shape index (κ2) is 3.12. The van der Waals surface area contributed by atoms with Crippen molar-refractivity contribution >= 4 is 5.97 Å². The summed E-state index contributed by atoms with van der Waals surface area (Å²) in [5.41, 5.74) is 2.07. The van der Waals surface area contributed by atoms with Gasteiger partial charge in [-0.15, -0.1) is 0 Å². The van der Waals surface area contributed by atoms with Crippen LogP contribution < -0.4 is 0 Å². The van der Waals surface area contributed by atoms with Gasteiger partial charge in [0.1, 0.15) is 0 Å². The first-order valence-electron chi connectivity index (χ1n) is 4.36. The van der Waals surface area contributed by atoms with Crippen LogP contribution in [0.2, 0.25) is 0 Å². The van der Waals surface area contributed by atoms with Crippen LogP contribution in [0, 0.1) is 0 Å². The molecule has 1 N–H and O–H groups in total. The van der Waals surface area contributed by atoms with Crippen molar-refractivity contribution in [2.45, 2.75) is 25.7 Å². The van der Waals surface area contributed by atoms with E-state index in [1.54, 1.807) is 0 Å². The number of carboxylic acid groups (broad SMARTS) is 1. The zero-order valence-electron chi connectivity index (χ0n) is 7.16. The van der Waals surface area contributed by atoms with E-state index >= 15 is 0 Å². The second-order valence-electron chi connectivity index (χ2n) is 3.20. The number of rotatable bonds is 1. The molecule has 68 valence electrons. The molecule has 0 amide bonds. The van der Waals surface area contributed by atoms with Gasteiger partial charge < -0.3 is 5.11 Å². The van der Waals surface area contributed by atoms with Crippen molar-refractivity contribution in [1.29, 1.82) is 0 Å². The summed E-state index contributed by atoms with van der Waals surface area (Å²) in [5.74, 6) is -0.895. The van der Waals surface area contributed by atoms with Gasteiger partial charge in [0.05, 0.1) is 17.5 Å². The predicted octanol–water partition coefficient (Wildman–Crippen LogP) is 1.05. The number of hydrogen-bond acceptors (Lipinski definition) is 3. The molecule has 2 rings (SSSR count). The van der Waals surface area contributed by atoms with Gasteiger partial charge in [-0.2, -0.15) is 10.2 Å². The molecule has 13 heavy (non-hydrogen) atoms. The number of hydrogen-bond donors (Lipinski definition) is 1. The van der Waals surface area contributed by atoms with E-state index in [4.69, 9.17) is 5.11 Å². The minimum Gasteiger partial charge on any atom is -0.478 e. The molecule has 1 aliphatic rings. The maximum atomic E-state index is 10.8. The second-order valence-corrected chi connectivity index (χ2v) is 3.20. The Balaban J connectivity index is 2.52. The van der Waals surface area contributed by atoms with Gasteiger partial charge >= 0.3 is 5.97 Å². The number of fused-ring (bicyclic) bond motifs is 1. The third kappa shape index (κ3) is 1.39. The maximum absolute atomic E-state index is 10.8. The zero-order valence-corrected chi connectivity index (χ0v) is 7.16. The molecule has 0 saturated heterocycles. The molecule has 0 fully saturated rings. The van der Waals surface area contributed by atoms with E-state index in [-0.39, 0.29) is 0 Å².